The first kappa shape index (κ1) is 19.5. The van der Waals surface area contributed by atoms with Crippen molar-refractivity contribution in [1.82, 2.24) is 24.9 Å². The monoisotopic (exact) mass is 393 g/mol. The summed E-state index contributed by atoms with van der Waals surface area (Å²) in [5.74, 6) is 0.733. The van der Waals surface area contributed by atoms with Gasteiger partial charge in [0.15, 0.2) is 0 Å². The molecule has 3 aromatic rings. The Kier molecular flexibility index (Phi) is 5.85. The summed E-state index contributed by atoms with van der Waals surface area (Å²) in [6, 6.07) is 10.9. The lowest BCUT2D eigenvalue weighted by atomic mass is 10.0. The van der Waals surface area contributed by atoms with Crippen LogP contribution in [0.4, 0.5) is 0 Å². The van der Waals surface area contributed by atoms with Crippen LogP contribution in [0, 0.1) is 13.8 Å². The predicted octanol–water partition coefficient (Wildman–Crippen LogP) is 1.04. The van der Waals surface area contributed by atoms with E-state index < -0.39 is 0 Å². The lowest BCUT2D eigenvalue weighted by molar-refractivity contribution is -0.918. The average molecular weight is 394 g/mol. The molecule has 2 aromatic heterocycles. The van der Waals surface area contributed by atoms with Crippen molar-refractivity contribution >= 4 is 11.7 Å². The predicted molar refractivity (Wildman–Crippen MR) is 111 cm³/mol. The van der Waals surface area contributed by atoms with E-state index in [4.69, 9.17) is 0 Å². The van der Waals surface area contributed by atoms with E-state index in [0.29, 0.717) is 24.7 Å². The van der Waals surface area contributed by atoms with Gasteiger partial charge in [-0.05, 0) is 25.8 Å². The highest BCUT2D eigenvalue weighted by atomic mass is 16.1. The van der Waals surface area contributed by atoms with Gasteiger partial charge in [-0.15, -0.1) is 0 Å². The zero-order valence-electron chi connectivity index (χ0n) is 17.2. The van der Waals surface area contributed by atoms with E-state index in [1.54, 1.807) is 9.42 Å². The van der Waals surface area contributed by atoms with Crippen LogP contribution in [0.25, 0.3) is 5.78 Å². The maximum absolute atomic E-state index is 12.5. The van der Waals surface area contributed by atoms with Gasteiger partial charge in [-0.1, -0.05) is 30.3 Å². The van der Waals surface area contributed by atoms with Crippen LogP contribution in [-0.4, -0.2) is 44.6 Å². The second kappa shape index (κ2) is 8.69. The molecule has 1 fully saturated rings. The fraction of sp³-hybridized carbons (Fsp3) is 0.455. The lowest BCUT2D eigenvalue weighted by Gasteiger charge is -2.30. The van der Waals surface area contributed by atoms with Crippen molar-refractivity contribution in [2.24, 2.45) is 0 Å². The highest BCUT2D eigenvalue weighted by Crippen LogP contribution is 2.15. The Balaban J connectivity index is 1.26. The first-order chi connectivity index (χ1) is 14.1. The van der Waals surface area contributed by atoms with Crippen LogP contribution in [0.2, 0.25) is 0 Å². The van der Waals surface area contributed by atoms with E-state index in [1.807, 2.05) is 13.8 Å². The van der Waals surface area contributed by atoms with E-state index in [0.717, 1.165) is 49.4 Å². The third-order valence-corrected chi connectivity index (χ3v) is 5.95. The van der Waals surface area contributed by atoms with Crippen LogP contribution in [0.3, 0.4) is 0 Å². The molecule has 1 aliphatic rings. The number of piperidine rings is 1. The first-order valence-corrected chi connectivity index (χ1v) is 10.4. The number of amides is 1. The van der Waals surface area contributed by atoms with E-state index in [9.17, 15) is 4.79 Å². The van der Waals surface area contributed by atoms with Crippen LogP contribution in [0.1, 0.15) is 41.8 Å². The number of quaternary nitrogens is 1. The van der Waals surface area contributed by atoms with Gasteiger partial charge in [0.05, 0.1) is 13.1 Å². The summed E-state index contributed by atoms with van der Waals surface area (Å²) in [4.78, 5) is 22.8. The van der Waals surface area contributed by atoms with Gasteiger partial charge in [0, 0.05) is 42.3 Å². The Morgan fingerprint density at radius 3 is 2.72 bits per heavy atom. The minimum absolute atomic E-state index is 0.124. The van der Waals surface area contributed by atoms with Gasteiger partial charge in [0.2, 0.25) is 5.91 Å². The van der Waals surface area contributed by atoms with Gasteiger partial charge < -0.3 is 10.2 Å². The van der Waals surface area contributed by atoms with Crippen LogP contribution >= 0.6 is 0 Å². The van der Waals surface area contributed by atoms with Crippen molar-refractivity contribution in [3.8, 4) is 0 Å². The third-order valence-electron chi connectivity index (χ3n) is 5.95. The molecule has 0 aliphatic carbocycles. The molecule has 152 valence electrons. The number of likely N-dealkylation sites (tertiary alicyclic amines) is 1. The maximum atomic E-state index is 12.5. The molecule has 3 heterocycles. The van der Waals surface area contributed by atoms with Gasteiger partial charge in [0.1, 0.15) is 12.9 Å². The third kappa shape index (κ3) is 4.62. The van der Waals surface area contributed by atoms with E-state index in [2.05, 4.69) is 50.7 Å². The fourth-order valence-electron chi connectivity index (χ4n) is 4.29. The SMILES string of the molecule is Cc1nc2ncnn2c(C)c1CCC(=O)NC1CC[NH+](Cc2ccccc2)CC1. The molecule has 2 N–H and O–H groups in total. The number of fused-ring (bicyclic) bond motifs is 1. The number of aromatic nitrogens is 4. The average Bonchev–Trinajstić information content (AvgIpc) is 3.19. The second-order valence-corrected chi connectivity index (χ2v) is 7.99. The summed E-state index contributed by atoms with van der Waals surface area (Å²) < 4.78 is 1.74. The second-order valence-electron chi connectivity index (χ2n) is 7.99. The maximum Gasteiger partial charge on any atom is 0.252 e. The molecule has 1 saturated heterocycles. The molecule has 7 nitrogen and oxygen atoms in total. The molecule has 0 radical (unpaired) electrons. The van der Waals surface area contributed by atoms with Crippen molar-refractivity contribution in [2.75, 3.05) is 13.1 Å². The molecular formula is C22H29N6O+. The molecule has 0 bridgehead atoms. The summed E-state index contributed by atoms with van der Waals surface area (Å²) in [6.45, 7) is 7.25. The van der Waals surface area contributed by atoms with Crippen LogP contribution in [0.15, 0.2) is 36.7 Å². The molecule has 29 heavy (non-hydrogen) atoms. The van der Waals surface area contributed by atoms with Crippen molar-refractivity contribution in [3.63, 3.8) is 0 Å². The molecule has 7 heteroatoms. The Morgan fingerprint density at radius 1 is 1.21 bits per heavy atom. The number of aryl methyl sites for hydroxylation is 2. The minimum Gasteiger partial charge on any atom is -0.353 e. The van der Waals surface area contributed by atoms with E-state index in [1.165, 1.54) is 11.9 Å². The number of rotatable bonds is 6. The fourth-order valence-corrected chi connectivity index (χ4v) is 4.29. The number of nitrogens with one attached hydrogen (secondary N) is 2. The van der Waals surface area contributed by atoms with Crippen molar-refractivity contribution in [1.29, 1.82) is 0 Å². The Bertz CT molecular complexity index is 976. The summed E-state index contributed by atoms with van der Waals surface area (Å²) in [6.07, 6.45) is 4.74. The molecule has 1 aliphatic heterocycles. The van der Waals surface area contributed by atoms with Crippen molar-refractivity contribution in [2.45, 2.75) is 52.1 Å². The molecular weight excluding hydrogens is 364 g/mol. The van der Waals surface area contributed by atoms with Gasteiger partial charge >= 0.3 is 0 Å². The van der Waals surface area contributed by atoms with Crippen molar-refractivity contribution < 1.29 is 9.69 Å². The highest BCUT2D eigenvalue weighted by molar-refractivity contribution is 5.76. The zero-order valence-corrected chi connectivity index (χ0v) is 17.2. The number of benzene rings is 1. The minimum atomic E-state index is 0.124. The van der Waals surface area contributed by atoms with Gasteiger partial charge in [-0.3, -0.25) is 4.79 Å². The molecule has 1 amide bonds. The standard InChI is InChI=1S/C22H28N6O/c1-16-20(17(2)28-22(25-16)23-15-24-28)8-9-21(29)26-19-10-12-27(13-11-19)14-18-6-4-3-5-7-18/h3-7,15,19H,8-14H2,1-2H3,(H,26,29)/p+1. The topological polar surface area (TPSA) is 76.6 Å². The molecule has 0 saturated carbocycles. The van der Waals surface area contributed by atoms with Gasteiger partial charge in [-0.2, -0.15) is 10.1 Å². The summed E-state index contributed by atoms with van der Waals surface area (Å²) >= 11 is 0. The molecule has 1 aromatic carbocycles. The highest BCUT2D eigenvalue weighted by Gasteiger charge is 2.23. The number of carbonyl (C=O) groups excluding carboxylic acids is 1. The largest absolute Gasteiger partial charge is 0.353 e. The van der Waals surface area contributed by atoms with E-state index >= 15 is 0 Å². The number of hydrogen-bond acceptors (Lipinski definition) is 4. The Labute approximate surface area is 171 Å². The quantitative estimate of drug-likeness (QED) is 0.656. The molecule has 4 rings (SSSR count). The van der Waals surface area contributed by atoms with Crippen LogP contribution in [0.5, 0.6) is 0 Å². The Morgan fingerprint density at radius 2 is 1.97 bits per heavy atom. The van der Waals surface area contributed by atoms with Gasteiger partial charge in [-0.25, -0.2) is 9.50 Å². The first-order valence-electron chi connectivity index (χ1n) is 10.4. The van der Waals surface area contributed by atoms with Crippen LogP contribution < -0.4 is 10.2 Å². The zero-order chi connectivity index (χ0) is 20.2. The number of carbonyl (C=O) groups is 1. The summed E-state index contributed by atoms with van der Waals surface area (Å²) in [5.41, 5.74) is 4.40. The lowest BCUT2D eigenvalue weighted by Crippen LogP contribution is -3.12. The molecule has 0 unspecified atom stereocenters. The normalized spacial score (nSPS) is 19.4. The smallest absolute Gasteiger partial charge is 0.252 e. The number of nitrogens with zero attached hydrogens (tertiary/aromatic N) is 4. The van der Waals surface area contributed by atoms with Gasteiger partial charge in [0.25, 0.3) is 5.78 Å². The summed E-state index contributed by atoms with van der Waals surface area (Å²) in [7, 11) is 0. The van der Waals surface area contributed by atoms with Crippen LogP contribution in [-0.2, 0) is 17.8 Å². The summed E-state index contributed by atoms with van der Waals surface area (Å²) in [5, 5.41) is 7.46. The van der Waals surface area contributed by atoms with E-state index in [-0.39, 0.29) is 5.91 Å². The molecule has 0 spiro atoms. The van der Waals surface area contributed by atoms with Crippen molar-refractivity contribution in [3.05, 3.63) is 59.2 Å². The Hall–Kier alpha value is -2.80. The molecule has 0 atom stereocenters. The number of hydrogen-bond donors (Lipinski definition) is 2.